The molecule has 0 radical (unpaired) electrons. The Morgan fingerprint density at radius 2 is 2.04 bits per heavy atom. The second kappa shape index (κ2) is 12.5. The van der Waals surface area contributed by atoms with Crippen LogP contribution in [0.15, 0.2) is 29.3 Å². The van der Waals surface area contributed by atoms with Crippen molar-refractivity contribution in [2.24, 2.45) is 10.9 Å². The van der Waals surface area contributed by atoms with Gasteiger partial charge in [0.1, 0.15) is 5.75 Å². The van der Waals surface area contributed by atoms with Gasteiger partial charge in [0.15, 0.2) is 5.96 Å². The number of methoxy groups -OCH3 is 1. The molecule has 1 aromatic rings. The first kappa shape index (κ1) is 23.2. The number of likely N-dealkylation sites (tertiary alicyclic amines) is 1. The summed E-state index contributed by atoms with van der Waals surface area (Å²) in [5.74, 6) is 2.57. The van der Waals surface area contributed by atoms with E-state index in [1.165, 1.54) is 18.4 Å². The van der Waals surface area contributed by atoms with E-state index in [0.29, 0.717) is 5.92 Å². The van der Waals surface area contributed by atoms with Gasteiger partial charge in [-0.15, -0.1) is 24.0 Å². The summed E-state index contributed by atoms with van der Waals surface area (Å²) in [6.07, 6.45) is 3.39. The van der Waals surface area contributed by atoms with Crippen LogP contribution in [0.1, 0.15) is 37.8 Å². The first-order valence-corrected chi connectivity index (χ1v) is 10.3. The molecule has 2 heterocycles. The molecule has 0 spiro atoms. The third kappa shape index (κ3) is 6.77. The molecular formula is C21H35IN4O2. The van der Waals surface area contributed by atoms with Crippen LogP contribution < -0.4 is 15.4 Å². The zero-order chi connectivity index (χ0) is 18.9. The van der Waals surface area contributed by atoms with Crippen molar-refractivity contribution in [2.45, 2.75) is 32.2 Å². The zero-order valence-corrected chi connectivity index (χ0v) is 19.5. The topological polar surface area (TPSA) is 58.1 Å². The van der Waals surface area contributed by atoms with Crippen molar-refractivity contribution in [1.82, 2.24) is 15.5 Å². The highest BCUT2D eigenvalue weighted by Gasteiger charge is 2.22. The minimum atomic E-state index is 0. The molecule has 0 bridgehead atoms. The molecule has 1 unspecified atom stereocenters. The molecule has 1 aromatic carbocycles. The monoisotopic (exact) mass is 502 g/mol. The first-order chi connectivity index (χ1) is 13.3. The van der Waals surface area contributed by atoms with Crippen molar-refractivity contribution in [1.29, 1.82) is 0 Å². The van der Waals surface area contributed by atoms with Gasteiger partial charge < -0.3 is 25.0 Å². The number of hydrogen-bond acceptors (Lipinski definition) is 4. The number of fused-ring (bicyclic) bond motifs is 1. The predicted molar refractivity (Wildman–Crippen MR) is 125 cm³/mol. The number of piperidine rings is 1. The van der Waals surface area contributed by atoms with E-state index in [1.807, 2.05) is 12.1 Å². The van der Waals surface area contributed by atoms with E-state index in [9.17, 15) is 0 Å². The second-order valence-corrected chi connectivity index (χ2v) is 7.37. The molecule has 158 valence electrons. The zero-order valence-electron chi connectivity index (χ0n) is 17.2. The third-order valence-electron chi connectivity index (χ3n) is 5.44. The molecule has 0 aromatic heterocycles. The van der Waals surface area contributed by atoms with E-state index >= 15 is 0 Å². The highest BCUT2D eigenvalue weighted by atomic mass is 127. The lowest BCUT2D eigenvalue weighted by Gasteiger charge is -2.31. The molecule has 0 saturated carbocycles. The van der Waals surface area contributed by atoms with Gasteiger partial charge in [-0.25, -0.2) is 0 Å². The highest BCUT2D eigenvalue weighted by Crippen LogP contribution is 2.31. The number of ether oxygens (including phenoxy) is 2. The highest BCUT2D eigenvalue weighted by molar-refractivity contribution is 14.0. The van der Waals surface area contributed by atoms with Gasteiger partial charge >= 0.3 is 0 Å². The van der Waals surface area contributed by atoms with Crippen LogP contribution in [0.4, 0.5) is 0 Å². The minimum Gasteiger partial charge on any atom is -0.493 e. The molecule has 2 N–H and O–H groups in total. The van der Waals surface area contributed by atoms with Gasteiger partial charge in [0.25, 0.3) is 0 Å². The summed E-state index contributed by atoms with van der Waals surface area (Å²) in [6.45, 7) is 8.79. The number of para-hydroxylation sites is 1. The van der Waals surface area contributed by atoms with Crippen molar-refractivity contribution in [3.05, 3.63) is 29.8 Å². The van der Waals surface area contributed by atoms with Crippen molar-refractivity contribution in [2.75, 3.05) is 53.0 Å². The van der Waals surface area contributed by atoms with Crippen LogP contribution in [0, 0.1) is 5.92 Å². The molecule has 0 amide bonds. The van der Waals surface area contributed by atoms with Crippen LogP contribution in [0.2, 0.25) is 0 Å². The number of benzene rings is 1. The average molecular weight is 502 g/mol. The van der Waals surface area contributed by atoms with Gasteiger partial charge in [0, 0.05) is 38.7 Å². The fourth-order valence-corrected chi connectivity index (χ4v) is 3.81. The molecule has 2 aliphatic heterocycles. The maximum absolute atomic E-state index is 5.77. The smallest absolute Gasteiger partial charge is 0.191 e. The Morgan fingerprint density at radius 3 is 2.79 bits per heavy atom. The normalized spacial score (nSPS) is 20.6. The van der Waals surface area contributed by atoms with E-state index in [-0.39, 0.29) is 30.0 Å². The number of hydrogen-bond donors (Lipinski definition) is 2. The first-order valence-electron chi connectivity index (χ1n) is 10.3. The summed E-state index contributed by atoms with van der Waals surface area (Å²) in [5.41, 5.74) is 1.22. The fraction of sp³-hybridized carbons (Fsp3) is 0.667. The quantitative estimate of drug-likeness (QED) is 0.341. The Balaban J connectivity index is 0.00000280. The second-order valence-electron chi connectivity index (χ2n) is 7.37. The Kier molecular flexibility index (Phi) is 10.4. The fourth-order valence-electron chi connectivity index (χ4n) is 3.81. The van der Waals surface area contributed by atoms with Gasteiger partial charge in [0.05, 0.1) is 19.3 Å². The maximum atomic E-state index is 5.77. The lowest BCUT2D eigenvalue weighted by atomic mass is 9.97. The predicted octanol–water partition coefficient (Wildman–Crippen LogP) is 3.04. The number of rotatable bonds is 7. The van der Waals surface area contributed by atoms with E-state index in [4.69, 9.17) is 14.5 Å². The van der Waals surface area contributed by atoms with Crippen LogP contribution in [0.25, 0.3) is 0 Å². The molecule has 28 heavy (non-hydrogen) atoms. The summed E-state index contributed by atoms with van der Waals surface area (Å²) >= 11 is 0. The van der Waals surface area contributed by atoms with E-state index in [1.54, 1.807) is 7.11 Å². The lowest BCUT2D eigenvalue weighted by Crippen LogP contribution is -2.42. The molecule has 2 aliphatic rings. The maximum Gasteiger partial charge on any atom is 0.191 e. The summed E-state index contributed by atoms with van der Waals surface area (Å²) in [7, 11) is 1.77. The average Bonchev–Trinajstić information content (AvgIpc) is 2.71. The third-order valence-corrected chi connectivity index (χ3v) is 5.44. The number of halogens is 1. The molecule has 1 fully saturated rings. The molecule has 0 aliphatic carbocycles. The van der Waals surface area contributed by atoms with E-state index in [0.717, 1.165) is 64.1 Å². The molecule has 7 heteroatoms. The number of nitrogens with one attached hydrogen (secondary N) is 2. The van der Waals surface area contributed by atoms with Crippen LogP contribution in [-0.4, -0.2) is 63.9 Å². The van der Waals surface area contributed by atoms with Crippen LogP contribution in [0.3, 0.4) is 0 Å². The van der Waals surface area contributed by atoms with Gasteiger partial charge in [0.2, 0.25) is 0 Å². The Labute approximate surface area is 186 Å². The summed E-state index contributed by atoms with van der Waals surface area (Å²) in [5, 5.41) is 7.03. The van der Waals surface area contributed by atoms with Crippen LogP contribution >= 0.6 is 24.0 Å². The van der Waals surface area contributed by atoms with Crippen LogP contribution in [-0.2, 0) is 4.74 Å². The van der Waals surface area contributed by atoms with Gasteiger partial charge in [-0.3, -0.25) is 4.99 Å². The van der Waals surface area contributed by atoms with Gasteiger partial charge in [-0.2, -0.15) is 0 Å². The van der Waals surface area contributed by atoms with E-state index < -0.39 is 0 Å². The summed E-state index contributed by atoms with van der Waals surface area (Å²) in [6, 6.07) is 8.54. The van der Waals surface area contributed by atoms with E-state index in [2.05, 4.69) is 34.6 Å². The SMILES string of the molecule is CCNC(=NCC1CCN(CCOC)CC1)NC1CCOc2ccccc21.I. The van der Waals surface area contributed by atoms with Crippen molar-refractivity contribution in [3.8, 4) is 5.75 Å². The largest absolute Gasteiger partial charge is 0.493 e. The van der Waals surface area contributed by atoms with Gasteiger partial charge in [-0.1, -0.05) is 18.2 Å². The number of aliphatic imine (C=N–C) groups is 1. The van der Waals surface area contributed by atoms with Gasteiger partial charge in [-0.05, 0) is 44.8 Å². The summed E-state index contributed by atoms with van der Waals surface area (Å²) < 4.78 is 11.0. The molecule has 6 nitrogen and oxygen atoms in total. The van der Waals surface area contributed by atoms with Crippen molar-refractivity contribution >= 4 is 29.9 Å². The molecule has 1 atom stereocenters. The van der Waals surface area contributed by atoms with Crippen molar-refractivity contribution < 1.29 is 9.47 Å². The number of guanidine groups is 1. The standard InChI is InChI=1S/C21H34N4O2.HI/c1-3-22-21(23-16-17-8-11-25(12-9-17)13-15-26-2)24-19-10-14-27-20-7-5-4-6-18(19)20;/h4-7,17,19H,3,8-16H2,1-2H3,(H2,22,23,24);1H. The molecule has 3 rings (SSSR count). The van der Waals surface area contributed by atoms with Crippen molar-refractivity contribution in [3.63, 3.8) is 0 Å². The van der Waals surface area contributed by atoms with Crippen LogP contribution in [0.5, 0.6) is 5.75 Å². The number of nitrogens with zero attached hydrogens (tertiary/aromatic N) is 2. The Hall–Kier alpha value is -1.06. The molecule has 1 saturated heterocycles. The minimum absolute atomic E-state index is 0. The molecular weight excluding hydrogens is 467 g/mol. The Bertz CT molecular complexity index is 606. The Morgan fingerprint density at radius 1 is 1.25 bits per heavy atom. The summed E-state index contributed by atoms with van der Waals surface area (Å²) in [4.78, 5) is 7.39. The lowest BCUT2D eigenvalue weighted by molar-refractivity contribution is 0.121.